The average Bonchev–Trinajstić information content (AvgIpc) is 2.71. The molecule has 1 aliphatic heterocycles. The number of hydrogen-bond donors (Lipinski definition) is 2. The third kappa shape index (κ3) is 3.65. The first-order chi connectivity index (χ1) is 9.58. The third-order valence-corrected chi connectivity index (χ3v) is 3.92. The zero-order valence-corrected chi connectivity index (χ0v) is 12.0. The first-order valence-electron chi connectivity index (χ1n) is 7.37. The second-order valence-corrected chi connectivity index (χ2v) is 5.67. The first kappa shape index (κ1) is 14.7. The molecule has 1 atom stereocenters. The molecule has 1 aliphatic rings. The number of benzene rings is 1. The standard InChI is InChI=1S/C16H23NO3/c1-12(10-13-6-7-14(18)15(19)11-13)16(20)17-8-4-2-3-5-9-17/h6-7,11-12,18-19H,2-5,8-10H2,1H3. The lowest BCUT2D eigenvalue weighted by Crippen LogP contribution is -2.36. The third-order valence-electron chi connectivity index (χ3n) is 3.92. The number of aromatic hydroxyl groups is 2. The lowest BCUT2D eigenvalue weighted by Gasteiger charge is -2.24. The maximum atomic E-state index is 12.4. The van der Waals surface area contributed by atoms with E-state index in [0.717, 1.165) is 31.5 Å². The minimum atomic E-state index is -0.128. The van der Waals surface area contributed by atoms with E-state index in [0.29, 0.717) is 6.42 Å². The molecule has 1 fully saturated rings. The van der Waals surface area contributed by atoms with Gasteiger partial charge < -0.3 is 15.1 Å². The molecular formula is C16H23NO3. The highest BCUT2D eigenvalue weighted by atomic mass is 16.3. The Morgan fingerprint density at radius 2 is 1.80 bits per heavy atom. The van der Waals surface area contributed by atoms with Crippen LogP contribution in [0.2, 0.25) is 0 Å². The van der Waals surface area contributed by atoms with Gasteiger partial charge in [0.1, 0.15) is 0 Å². The number of amides is 1. The van der Waals surface area contributed by atoms with E-state index in [-0.39, 0.29) is 23.3 Å². The lowest BCUT2D eigenvalue weighted by molar-refractivity contribution is -0.134. The van der Waals surface area contributed by atoms with Crippen LogP contribution in [0.15, 0.2) is 18.2 Å². The van der Waals surface area contributed by atoms with Crippen molar-refractivity contribution >= 4 is 5.91 Å². The van der Waals surface area contributed by atoms with E-state index in [4.69, 9.17) is 0 Å². The Bertz CT molecular complexity index is 465. The van der Waals surface area contributed by atoms with Crippen molar-refractivity contribution in [3.05, 3.63) is 23.8 Å². The summed E-state index contributed by atoms with van der Waals surface area (Å²) >= 11 is 0. The molecule has 110 valence electrons. The molecule has 0 spiro atoms. The molecule has 20 heavy (non-hydrogen) atoms. The molecule has 4 heteroatoms. The number of nitrogens with zero attached hydrogens (tertiary/aromatic N) is 1. The number of carbonyl (C=O) groups excluding carboxylic acids is 1. The smallest absolute Gasteiger partial charge is 0.225 e. The molecule has 1 unspecified atom stereocenters. The van der Waals surface area contributed by atoms with E-state index in [9.17, 15) is 15.0 Å². The quantitative estimate of drug-likeness (QED) is 0.835. The van der Waals surface area contributed by atoms with Gasteiger partial charge in [0, 0.05) is 19.0 Å². The minimum absolute atomic E-state index is 0.1000. The van der Waals surface area contributed by atoms with Crippen LogP contribution >= 0.6 is 0 Å². The van der Waals surface area contributed by atoms with Gasteiger partial charge in [-0.2, -0.15) is 0 Å². The van der Waals surface area contributed by atoms with Crippen molar-refractivity contribution in [2.45, 2.75) is 39.0 Å². The number of likely N-dealkylation sites (tertiary alicyclic amines) is 1. The molecule has 1 aromatic rings. The molecule has 2 N–H and O–H groups in total. The molecule has 0 radical (unpaired) electrons. The summed E-state index contributed by atoms with van der Waals surface area (Å²) in [7, 11) is 0. The van der Waals surface area contributed by atoms with Gasteiger partial charge in [-0.05, 0) is 37.0 Å². The molecule has 1 saturated heterocycles. The summed E-state index contributed by atoms with van der Waals surface area (Å²) in [6.45, 7) is 3.66. The predicted octanol–water partition coefficient (Wildman–Crippen LogP) is 2.68. The van der Waals surface area contributed by atoms with Gasteiger partial charge in [0.05, 0.1) is 0 Å². The Hall–Kier alpha value is -1.71. The lowest BCUT2D eigenvalue weighted by atomic mass is 9.99. The first-order valence-corrected chi connectivity index (χ1v) is 7.37. The Balaban J connectivity index is 1.97. The monoisotopic (exact) mass is 277 g/mol. The van der Waals surface area contributed by atoms with Crippen molar-refractivity contribution in [3.8, 4) is 11.5 Å². The van der Waals surface area contributed by atoms with Crippen molar-refractivity contribution in [3.63, 3.8) is 0 Å². The topological polar surface area (TPSA) is 60.8 Å². The summed E-state index contributed by atoms with van der Waals surface area (Å²) in [5.74, 6) is -0.159. The van der Waals surface area contributed by atoms with E-state index >= 15 is 0 Å². The second-order valence-electron chi connectivity index (χ2n) is 5.67. The Morgan fingerprint density at radius 1 is 1.15 bits per heavy atom. The number of rotatable bonds is 3. The van der Waals surface area contributed by atoms with Crippen LogP contribution in [-0.4, -0.2) is 34.1 Å². The van der Waals surface area contributed by atoms with Crippen LogP contribution in [-0.2, 0) is 11.2 Å². The molecule has 4 nitrogen and oxygen atoms in total. The van der Waals surface area contributed by atoms with Gasteiger partial charge in [-0.1, -0.05) is 25.8 Å². The molecule has 0 bridgehead atoms. The summed E-state index contributed by atoms with van der Waals surface area (Å²) < 4.78 is 0. The number of hydrogen-bond acceptors (Lipinski definition) is 3. The van der Waals surface area contributed by atoms with Crippen LogP contribution < -0.4 is 0 Å². The fraction of sp³-hybridized carbons (Fsp3) is 0.562. The van der Waals surface area contributed by atoms with Crippen LogP contribution in [0.5, 0.6) is 11.5 Å². The minimum Gasteiger partial charge on any atom is -0.504 e. The van der Waals surface area contributed by atoms with Crippen LogP contribution in [0.25, 0.3) is 0 Å². The van der Waals surface area contributed by atoms with Crippen molar-refractivity contribution in [2.75, 3.05) is 13.1 Å². The van der Waals surface area contributed by atoms with Crippen LogP contribution in [0.3, 0.4) is 0 Å². The van der Waals surface area contributed by atoms with Crippen LogP contribution in [0.4, 0.5) is 0 Å². The summed E-state index contributed by atoms with van der Waals surface area (Å²) in [5, 5.41) is 18.8. The second kappa shape index (κ2) is 6.64. The molecule has 0 aromatic heterocycles. The molecule has 0 aliphatic carbocycles. The fourth-order valence-corrected chi connectivity index (χ4v) is 2.74. The summed E-state index contributed by atoms with van der Waals surface area (Å²) in [5.41, 5.74) is 0.871. The highest BCUT2D eigenvalue weighted by Gasteiger charge is 2.21. The molecule has 1 heterocycles. The molecule has 2 rings (SSSR count). The van der Waals surface area contributed by atoms with Crippen LogP contribution in [0, 0.1) is 5.92 Å². The molecule has 1 aromatic carbocycles. The summed E-state index contributed by atoms with van der Waals surface area (Å²) in [4.78, 5) is 14.4. The predicted molar refractivity (Wildman–Crippen MR) is 77.7 cm³/mol. The van der Waals surface area contributed by atoms with E-state index < -0.39 is 0 Å². The number of phenols is 2. The molecule has 0 saturated carbocycles. The van der Waals surface area contributed by atoms with E-state index in [2.05, 4.69) is 0 Å². The van der Waals surface area contributed by atoms with Gasteiger partial charge in [0.25, 0.3) is 0 Å². The molecular weight excluding hydrogens is 254 g/mol. The van der Waals surface area contributed by atoms with E-state index in [1.807, 2.05) is 11.8 Å². The van der Waals surface area contributed by atoms with Gasteiger partial charge in [-0.3, -0.25) is 4.79 Å². The van der Waals surface area contributed by atoms with Gasteiger partial charge in [0.15, 0.2) is 11.5 Å². The Kier molecular flexibility index (Phi) is 4.88. The number of phenolic OH excluding ortho intramolecular Hbond substituents is 2. The largest absolute Gasteiger partial charge is 0.504 e. The van der Waals surface area contributed by atoms with Crippen molar-refractivity contribution in [1.29, 1.82) is 0 Å². The maximum Gasteiger partial charge on any atom is 0.225 e. The van der Waals surface area contributed by atoms with Crippen molar-refractivity contribution in [2.24, 2.45) is 5.92 Å². The SMILES string of the molecule is CC(Cc1ccc(O)c(O)c1)C(=O)N1CCCCCC1. The highest BCUT2D eigenvalue weighted by molar-refractivity contribution is 5.78. The zero-order chi connectivity index (χ0) is 14.5. The van der Waals surface area contributed by atoms with Crippen LogP contribution in [0.1, 0.15) is 38.2 Å². The molecule has 1 amide bonds. The Labute approximate surface area is 120 Å². The maximum absolute atomic E-state index is 12.4. The number of carbonyl (C=O) groups is 1. The average molecular weight is 277 g/mol. The highest BCUT2D eigenvalue weighted by Crippen LogP contribution is 2.26. The zero-order valence-electron chi connectivity index (χ0n) is 12.0. The fourth-order valence-electron chi connectivity index (χ4n) is 2.74. The normalized spacial score (nSPS) is 17.6. The van der Waals surface area contributed by atoms with Gasteiger partial charge in [-0.25, -0.2) is 0 Å². The van der Waals surface area contributed by atoms with Crippen molar-refractivity contribution in [1.82, 2.24) is 4.90 Å². The summed E-state index contributed by atoms with van der Waals surface area (Å²) in [6, 6.07) is 4.75. The Morgan fingerprint density at radius 3 is 2.40 bits per heavy atom. The van der Waals surface area contributed by atoms with Gasteiger partial charge >= 0.3 is 0 Å². The van der Waals surface area contributed by atoms with E-state index in [1.54, 1.807) is 6.07 Å². The van der Waals surface area contributed by atoms with E-state index in [1.165, 1.54) is 25.0 Å². The van der Waals surface area contributed by atoms with Crippen molar-refractivity contribution < 1.29 is 15.0 Å². The van der Waals surface area contributed by atoms with Gasteiger partial charge in [0.2, 0.25) is 5.91 Å². The van der Waals surface area contributed by atoms with Gasteiger partial charge in [-0.15, -0.1) is 0 Å². The summed E-state index contributed by atoms with van der Waals surface area (Å²) in [6.07, 6.45) is 5.20.